The number of carbonyl (C=O) groups excluding carboxylic acids is 2. The molecule has 1 aromatic carbocycles. The van der Waals surface area contributed by atoms with Crippen LogP contribution in [-0.2, 0) is 16.1 Å². The quantitative estimate of drug-likeness (QED) is 0.833. The van der Waals surface area contributed by atoms with Crippen molar-refractivity contribution < 1.29 is 19.4 Å². The highest BCUT2D eigenvalue weighted by Gasteiger charge is 2.19. The van der Waals surface area contributed by atoms with Crippen LogP contribution in [0.25, 0.3) is 0 Å². The van der Waals surface area contributed by atoms with E-state index in [0.717, 1.165) is 10.8 Å². The first-order chi connectivity index (χ1) is 10.0. The van der Waals surface area contributed by atoms with Crippen molar-refractivity contribution in [1.29, 1.82) is 0 Å². The molecule has 0 aliphatic carbocycles. The number of aromatic hydroxyl groups is 1. The molecule has 0 aliphatic heterocycles. The van der Waals surface area contributed by atoms with Crippen molar-refractivity contribution in [1.82, 2.24) is 9.13 Å². The number of imidazole rings is 1. The number of carbonyl (C=O) groups is 2. The molecule has 0 radical (unpaired) electrons. The van der Waals surface area contributed by atoms with Crippen molar-refractivity contribution in [2.45, 2.75) is 13.5 Å². The number of nitrogens with zero attached hydrogens (tertiary/aromatic N) is 2. The Morgan fingerprint density at radius 3 is 2.52 bits per heavy atom. The van der Waals surface area contributed by atoms with E-state index in [1.807, 2.05) is 0 Å². The van der Waals surface area contributed by atoms with Gasteiger partial charge in [-0.2, -0.15) is 4.57 Å². The summed E-state index contributed by atoms with van der Waals surface area (Å²) in [4.78, 5) is 35.6. The molecule has 0 fully saturated rings. The minimum Gasteiger partial charge on any atom is -0.493 e. The third-order valence-electron chi connectivity index (χ3n) is 2.77. The maximum atomic E-state index is 12.2. The normalized spacial score (nSPS) is 10.3. The van der Waals surface area contributed by atoms with Gasteiger partial charge in [-0.3, -0.25) is 14.2 Å². The first kappa shape index (κ1) is 14.6. The molecule has 7 heteroatoms. The molecule has 1 aromatic heterocycles. The summed E-state index contributed by atoms with van der Waals surface area (Å²) < 4.78 is 6.25. The minimum absolute atomic E-state index is 0.184. The predicted octanol–water partition coefficient (Wildman–Crippen LogP) is 0.607. The monoisotopic (exact) mass is 290 g/mol. The van der Waals surface area contributed by atoms with E-state index in [4.69, 9.17) is 4.74 Å². The first-order valence-corrected chi connectivity index (χ1v) is 6.31. The first-order valence-electron chi connectivity index (χ1n) is 6.31. The van der Waals surface area contributed by atoms with Crippen molar-refractivity contribution >= 4 is 11.9 Å². The minimum atomic E-state index is -0.797. The number of esters is 1. The second kappa shape index (κ2) is 6.08. The van der Waals surface area contributed by atoms with Crippen molar-refractivity contribution in [2.75, 3.05) is 6.61 Å². The standard InChI is InChI=1S/C14H14N2O5/c1-2-21-12(18)9-15-8-11(17)16(14(15)20)13(19)10-6-4-3-5-7-10/h3-8,17H,2,9H2,1H3. The fraction of sp³-hybridized carbons (Fsp3) is 0.214. The smallest absolute Gasteiger partial charge is 0.338 e. The highest BCUT2D eigenvalue weighted by Crippen LogP contribution is 2.10. The van der Waals surface area contributed by atoms with Crippen LogP contribution < -0.4 is 5.69 Å². The largest absolute Gasteiger partial charge is 0.493 e. The molecule has 0 spiro atoms. The van der Waals surface area contributed by atoms with E-state index in [1.165, 1.54) is 12.1 Å². The molecule has 0 bridgehead atoms. The Morgan fingerprint density at radius 1 is 1.24 bits per heavy atom. The van der Waals surface area contributed by atoms with Crippen molar-refractivity contribution in [2.24, 2.45) is 0 Å². The van der Waals surface area contributed by atoms with Crippen molar-refractivity contribution in [3.05, 3.63) is 52.6 Å². The van der Waals surface area contributed by atoms with E-state index >= 15 is 0 Å². The molecule has 0 aliphatic rings. The van der Waals surface area contributed by atoms with Gasteiger partial charge in [0.2, 0.25) is 5.88 Å². The summed E-state index contributed by atoms with van der Waals surface area (Å²) in [5.41, 5.74) is -0.543. The number of ether oxygens (including phenoxy) is 1. The van der Waals surface area contributed by atoms with E-state index in [9.17, 15) is 19.5 Å². The second-order valence-corrected chi connectivity index (χ2v) is 4.21. The lowest BCUT2D eigenvalue weighted by Crippen LogP contribution is -2.31. The Kier molecular flexibility index (Phi) is 4.22. The SMILES string of the molecule is CCOC(=O)Cn1cc(O)n(C(=O)c2ccccc2)c1=O. The molecular formula is C14H14N2O5. The predicted molar refractivity (Wildman–Crippen MR) is 73.2 cm³/mol. The third-order valence-corrected chi connectivity index (χ3v) is 2.77. The molecule has 7 nitrogen and oxygen atoms in total. The zero-order valence-electron chi connectivity index (χ0n) is 11.4. The van der Waals surface area contributed by atoms with Crippen LogP contribution in [0, 0.1) is 0 Å². The summed E-state index contributed by atoms with van der Waals surface area (Å²) in [7, 11) is 0. The van der Waals surface area contributed by atoms with Crippen LogP contribution in [0.1, 0.15) is 17.3 Å². The van der Waals surface area contributed by atoms with Gasteiger partial charge in [-0.25, -0.2) is 4.79 Å². The van der Waals surface area contributed by atoms with E-state index in [-0.39, 0.29) is 18.7 Å². The van der Waals surface area contributed by atoms with Crippen LogP contribution in [0.5, 0.6) is 5.88 Å². The highest BCUT2D eigenvalue weighted by molar-refractivity contribution is 5.96. The molecule has 0 amide bonds. The molecule has 0 atom stereocenters. The Labute approximate surface area is 120 Å². The van der Waals surface area contributed by atoms with E-state index in [1.54, 1.807) is 25.1 Å². The molecule has 0 unspecified atom stereocenters. The van der Waals surface area contributed by atoms with Crippen LogP contribution in [0.3, 0.4) is 0 Å². The number of aromatic nitrogens is 2. The fourth-order valence-corrected chi connectivity index (χ4v) is 1.84. The molecular weight excluding hydrogens is 276 g/mol. The number of hydrogen-bond donors (Lipinski definition) is 1. The second-order valence-electron chi connectivity index (χ2n) is 4.21. The van der Waals surface area contributed by atoms with Crippen LogP contribution >= 0.6 is 0 Å². The van der Waals surface area contributed by atoms with Gasteiger partial charge < -0.3 is 9.84 Å². The molecule has 2 aromatic rings. The molecule has 1 N–H and O–H groups in total. The van der Waals surface area contributed by atoms with Gasteiger partial charge in [-0.1, -0.05) is 18.2 Å². The Morgan fingerprint density at radius 2 is 1.90 bits per heavy atom. The van der Waals surface area contributed by atoms with Gasteiger partial charge in [0, 0.05) is 5.56 Å². The maximum Gasteiger partial charge on any atom is 0.338 e. The molecule has 0 saturated heterocycles. The molecule has 1 heterocycles. The summed E-state index contributed by atoms with van der Waals surface area (Å²) in [6, 6.07) is 8.06. The third kappa shape index (κ3) is 3.02. The van der Waals surface area contributed by atoms with Crippen LogP contribution in [0.15, 0.2) is 41.3 Å². The number of hydrogen-bond acceptors (Lipinski definition) is 5. The molecule has 2 rings (SSSR count). The lowest BCUT2D eigenvalue weighted by Gasteiger charge is -2.02. The average Bonchev–Trinajstić information content (AvgIpc) is 2.74. The average molecular weight is 290 g/mol. The van der Waals surface area contributed by atoms with Crippen molar-refractivity contribution in [3.8, 4) is 5.88 Å². The van der Waals surface area contributed by atoms with Gasteiger partial charge in [-0.05, 0) is 19.1 Å². The molecule has 110 valence electrons. The zero-order valence-corrected chi connectivity index (χ0v) is 11.4. The summed E-state index contributed by atoms with van der Waals surface area (Å²) in [6.45, 7) is 1.46. The lowest BCUT2D eigenvalue weighted by molar-refractivity contribution is -0.143. The summed E-state index contributed by atoms with van der Waals surface area (Å²) in [5, 5.41) is 9.76. The van der Waals surface area contributed by atoms with Gasteiger partial charge >= 0.3 is 11.7 Å². The van der Waals surface area contributed by atoms with Gasteiger partial charge in [0.25, 0.3) is 5.91 Å². The topological polar surface area (TPSA) is 90.5 Å². The summed E-state index contributed by atoms with van der Waals surface area (Å²) >= 11 is 0. The van der Waals surface area contributed by atoms with Gasteiger partial charge in [0.15, 0.2) is 0 Å². The van der Waals surface area contributed by atoms with Crippen LogP contribution in [0.4, 0.5) is 0 Å². The van der Waals surface area contributed by atoms with Crippen molar-refractivity contribution in [3.63, 3.8) is 0 Å². The van der Waals surface area contributed by atoms with Crippen LogP contribution in [0.2, 0.25) is 0 Å². The van der Waals surface area contributed by atoms with E-state index < -0.39 is 23.4 Å². The summed E-state index contributed by atoms with van der Waals surface area (Å²) in [5.74, 6) is -1.82. The fourth-order valence-electron chi connectivity index (χ4n) is 1.84. The highest BCUT2D eigenvalue weighted by atomic mass is 16.5. The molecule has 0 saturated carbocycles. The zero-order chi connectivity index (χ0) is 15.4. The Hall–Kier alpha value is -2.83. The van der Waals surface area contributed by atoms with Crippen LogP contribution in [-0.4, -0.2) is 32.7 Å². The number of benzene rings is 1. The van der Waals surface area contributed by atoms with E-state index in [0.29, 0.717) is 4.57 Å². The molecule has 21 heavy (non-hydrogen) atoms. The summed E-state index contributed by atoms with van der Waals surface area (Å²) in [6.07, 6.45) is 1.03. The Balaban J connectivity index is 2.34. The Bertz CT molecular complexity index is 715. The maximum absolute atomic E-state index is 12.2. The number of rotatable bonds is 4. The van der Waals surface area contributed by atoms with Gasteiger partial charge in [-0.15, -0.1) is 0 Å². The lowest BCUT2D eigenvalue weighted by atomic mass is 10.2. The van der Waals surface area contributed by atoms with Gasteiger partial charge in [0.05, 0.1) is 12.8 Å². The van der Waals surface area contributed by atoms with Gasteiger partial charge in [0.1, 0.15) is 6.54 Å². The van der Waals surface area contributed by atoms with E-state index in [2.05, 4.69) is 0 Å².